The summed E-state index contributed by atoms with van der Waals surface area (Å²) in [5.74, 6) is -36.5. The van der Waals surface area contributed by atoms with E-state index in [2.05, 4.69) is 12.6 Å². The van der Waals surface area contributed by atoms with Gasteiger partial charge in [-0.3, -0.25) is 0 Å². The first-order valence-electron chi connectivity index (χ1n) is 4.94. The highest BCUT2D eigenvalue weighted by molar-refractivity contribution is 14.1. The molecule has 0 amide bonds. The van der Waals surface area contributed by atoms with Gasteiger partial charge < -0.3 is 0 Å². The molecule has 15 heteroatoms. The summed E-state index contributed by atoms with van der Waals surface area (Å²) in [5.41, 5.74) is 0. The lowest BCUT2D eigenvalue weighted by Crippen LogP contribution is -2.70. The molecule has 140 valence electrons. The smallest absolute Gasteiger partial charge is 0.200 e. The van der Waals surface area contributed by atoms with Gasteiger partial charge in [-0.1, -0.05) is 22.6 Å². The monoisotopic (exact) mass is 506 g/mol. The largest absolute Gasteiger partial charge is 0.460 e. The molecule has 1 atom stereocenters. The van der Waals surface area contributed by atoms with Crippen molar-refractivity contribution >= 4 is 35.2 Å². The van der Waals surface area contributed by atoms with Crippen LogP contribution in [-0.4, -0.2) is 39.0 Å². The molecule has 0 aromatic heterocycles. The fourth-order valence-electron chi connectivity index (χ4n) is 1.14. The molecule has 0 rings (SSSR count). The van der Waals surface area contributed by atoms with Crippen LogP contribution in [0.4, 0.5) is 57.1 Å². The van der Waals surface area contributed by atoms with Gasteiger partial charge in [-0.05, 0) is 0 Å². The summed E-state index contributed by atoms with van der Waals surface area (Å²) in [6, 6.07) is 0. The molecule has 23 heavy (non-hydrogen) atoms. The highest BCUT2D eigenvalue weighted by Crippen LogP contribution is 2.60. The fourth-order valence-corrected chi connectivity index (χ4v) is 1.92. The summed E-state index contributed by atoms with van der Waals surface area (Å²) in [6.45, 7) is 0. The van der Waals surface area contributed by atoms with E-state index >= 15 is 0 Å². The highest BCUT2D eigenvalue weighted by atomic mass is 127. The Morgan fingerprint density at radius 3 is 1.17 bits per heavy atom. The van der Waals surface area contributed by atoms with Crippen LogP contribution in [0.1, 0.15) is 6.42 Å². The second-order valence-electron chi connectivity index (χ2n) is 4.14. The average molecular weight is 506 g/mol. The number of alkyl halides is 14. The van der Waals surface area contributed by atoms with Crippen molar-refractivity contribution in [3.05, 3.63) is 0 Å². The lowest BCUT2D eigenvalue weighted by atomic mass is 9.93. The number of halogens is 14. The van der Waals surface area contributed by atoms with Crippen molar-refractivity contribution in [2.24, 2.45) is 0 Å². The summed E-state index contributed by atoms with van der Waals surface area (Å²) in [6.07, 6.45) is -9.69. The molecule has 0 aromatic carbocycles. The van der Waals surface area contributed by atoms with Crippen molar-refractivity contribution < 1.29 is 57.1 Å². The lowest BCUT2D eigenvalue weighted by molar-refractivity contribution is -0.439. The SMILES string of the molecule is FC(F)(F)C(F)(F)C(F)(F)C(F)(F)C(F)(F)C(F)(F)CC(S)I. The van der Waals surface area contributed by atoms with Gasteiger partial charge >= 0.3 is 35.8 Å². The maximum absolute atomic E-state index is 13.0. The maximum atomic E-state index is 13.0. The van der Waals surface area contributed by atoms with Crippen LogP contribution in [0.25, 0.3) is 0 Å². The number of hydrogen-bond donors (Lipinski definition) is 1. The van der Waals surface area contributed by atoms with E-state index in [0.717, 1.165) is 22.6 Å². The van der Waals surface area contributed by atoms with E-state index in [0.29, 0.717) is 0 Å². The molecule has 0 heterocycles. The van der Waals surface area contributed by atoms with Gasteiger partial charge in [0.1, 0.15) is 0 Å². The summed E-state index contributed by atoms with van der Waals surface area (Å²) >= 11 is 3.98. The average Bonchev–Trinajstić information content (AvgIpc) is 2.24. The maximum Gasteiger partial charge on any atom is 0.460 e. The minimum absolute atomic E-state index is 0.876. The molecule has 0 aliphatic carbocycles. The van der Waals surface area contributed by atoms with Gasteiger partial charge in [0.25, 0.3) is 0 Å². The molecule has 1 unspecified atom stereocenters. The van der Waals surface area contributed by atoms with E-state index in [9.17, 15) is 57.1 Å². The van der Waals surface area contributed by atoms with Crippen LogP contribution in [0.3, 0.4) is 0 Å². The van der Waals surface area contributed by atoms with E-state index in [-0.39, 0.29) is 0 Å². The minimum atomic E-state index is -7.84. The lowest BCUT2D eigenvalue weighted by Gasteiger charge is -2.39. The molecular formula is C8H4F13IS. The van der Waals surface area contributed by atoms with Gasteiger partial charge in [-0.2, -0.15) is 69.7 Å². The molecule has 0 N–H and O–H groups in total. The molecular weight excluding hydrogens is 502 g/mol. The Morgan fingerprint density at radius 1 is 0.609 bits per heavy atom. The third-order valence-corrected chi connectivity index (χ3v) is 3.05. The van der Waals surface area contributed by atoms with Crippen LogP contribution >= 0.6 is 35.2 Å². The van der Waals surface area contributed by atoms with Gasteiger partial charge in [0, 0.05) is 6.42 Å². The predicted octanol–water partition coefficient (Wildman–Crippen LogP) is 5.81. The Labute approximate surface area is 138 Å². The van der Waals surface area contributed by atoms with Crippen LogP contribution in [0.15, 0.2) is 0 Å². The van der Waals surface area contributed by atoms with Crippen molar-refractivity contribution in [2.45, 2.75) is 45.5 Å². The Hall–Kier alpha value is 0.170. The van der Waals surface area contributed by atoms with E-state index in [1.165, 1.54) is 0 Å². The number of thiol groups is 1. The molecule has 0 aliphatic rings. The fraction of sp³-hybridized carbons (Fsp3) is 1.00. The van der Waals surface area contributed by atoms with Crippen molar-refractivity contribution in [1.29, 1.82) is 0 Å². The van der Waals surface area contributed by atoms with E-state index in [1.807, 2.05) is 0 Å². The quantitative estimate of drug-likeness (QED) is 0.200. The second kappa shape index (κ2) is 6.16. The molecule has 0 nitrogen and oxygen atoms in total. The topological polar surface area (TPSA) is 0 Å². The van der Waals surface area contributed by atoms with Gasteiger partial charge in [0.05, 0.1) is 3.26 Å². The van der Waals surface area contributed by atoms with E-state index < -0.39 is 45.5 Å². The first kappa shape index (κ1) is 23.2. The van der Waals surface area contributed by atoms with Crippen molar-refractivity contribution in [3.63, 3.8) is 0 Å². The van der Waals surface area contributed by atoms with Crippen LogP contribution in [0.2, 0.25) is 0 Å². The third-order valence-electron chi connectivity index (χ3n) is 2.42. The zero-order valence-electron chi connectivity index (χ0n) is 10.0. The number of hydrogen-bond acceptors (Lipinski definition) is 1. The first-order chi connectivity index (χ1) is 9.67. The van der Waals surface area contributed by atoms with Crippen LogP contribution in [0, 0.1) is 0 Å². The van der Waals surface area contributed by atoms with Gasteiger partial charge in [-0.25, -0.2) is 0 Å². The third kappa shape index (κ3) is 3.58. The molecule has 0 saturated heterocycles. The molecule has 0 bridgehead atoms. The molecule has 0 spiro atoms. The zero-order chi connectivity index (χ0) is 19.3. The van der Waals surface area contributed by atoms with Gasteiger partial charge in [0.15, 0.2) is 0 Å². The molecule has 0 radical (unpaired) electrons. The summed E-state index contributed by atoms with van der Waals surface area (Å²) in [5, 5.41) is 0. The summed E-state index contributed by atoms with van der Waals surface area (Å²) in [4.78, 5) is 0. The normalized spacial score (nSPS) is 17.3. The highest BCUT2D eigenvalue weighted by Gasteiger charge is 2.90. The van der Waals surface area contributed by atoms with Crippen LogP contribution < -0.4 is 0 Å². The Balaban J connectivity index is 6.14. The predicted molar refractivity (Wildman–Crippen MR) is 62.2 cm³/mol. The van der Waals surface area contributed by atoms with Crippen LogP contribution in [-0.2, 0) is 0 Å². The van der Waals surface area contributed by atoms with Crippen molar-refractivity contribution in [1.82, 2.24) is 0 Å². The second-order valence-corrected chi connectivity index (χ2v) is 7.25. The summed E-state index contributed by atoms with van der Waals surface area (Å²) in [7, 11) is 0. The van der Waals surface area contributed by atoms with Crippen molar-refractivity contribution in [3.8, 4) is 0 Å². The Bertz CT molecular complexity index is 426. The zero-order valence-corrected chi connectivity index (χ0v) is 13.1. The minimum Gasteiger partial charge on any atom is -0.200 e. The van der Waals surface area contributed by atoms with E-state index in [1.54, 1.807) is 0 Å². The van der Waals surface area contributed by atoms with Crippen molar-refractivity contribution in [2.75, 3.05) is 0 Å². The first-order valence-corrected chi connectivity index (χ1v) is 6.71. The number of rotatable bonds is 6. The van der Waals surface area contributed by atoms with E-state index in [4.69, 9.17) is 0 Å². The molecule has 0 aromatic rings. The van der Waals surface area contributed by atoms with Crippen LogP contribution in [0.5, 0.6) is 0 Å². The molecule has 0 saturated carbocycles. The van der Waals surface area contributed by atoms with Gasteiger partial charge in [0.2, 0.25) is 0 Å². The van der Waals surface area contributed by atoms with Gasteiger partial charge in [-0.15, -0.1) is 0 Å². The molecule has 0 fully saturated rings. The summed E-state index contributed by atoms with van der Waals surface area (Å²) < 4.78 is 162. The Kier molecular flexibility index (Phi) is 6.20. The standard InChI is InChI=1S/C8H4F13IS/c9-3(10,1-2(22)23)4(11,12)5(13,14)6(15,16)7(17,18)8(19,20)21/h2,23H,1H2. The molecule has 0 aliphatic heterocycles. The Morgan fingerprint density at radius 2 is 0.913 bits per heavy atom.